The number of fused-ring (bicyclic) bond motifs is 5. The van der Waals surface area contributed by atoms with Crippen molar-refractivity contribution in [1.82, 2.24) is 0 Å². The maximum atomic E-state index is 2.44. The van der Waals surface area contributed by atoms with Gasteiger partial charge in [0.25, 0.3) is 0 Å². The number of allylic oxidation sites excluding steroid dienone is 4. The molecule has 0 aromatic rings. The lowest BCUT2D eigenvalue weighted by Crippen LogP contribution is -2.12. The van der Waals surface area contributed by atoms with Gasteiger partial charge in [0.1, 0.15) is 0 Å². The predicted molar refractivity (Wildman–Crippen MR) is 62.1 cm³/mol. The van der Waals surface area contributed by atoms with Gasteiger partial charge in [-0.1, -0.05) is 51.0 Å². The third-order valence-corrected chi connectivity index (χ3v) is 3.96. The van der Waals surface area contributed by atoms with Crippen molar-refractivity contribution in [1.29, 1.82) is 0 Å². The Labute approximate surface area is 88.1 Å². The maximum Gasteiger partial charge on any atom is -0.0133 e. The van der Waals surface area contributed by atoms with Gasteiger partial charge in [-0.15, -0.1) is 0 Å². The van der Waals surface area contributed by atoms with E-state index in [0.29, 0.717) is 0 Å². The van der Waals surface area contributed by atoms with Gasteiger partial charge < -0.3 is 0 Å². The van der Waals surface area contributed by atoms with Crippen molar-refractivity contribution in [3.8, 4) is 0 Å². The molecule has 2 bridgehead atoms. The van der Waals surface area contributed by atoms with Gasteiger partial charge in [-0.3, -0.25) is 0 Å². The van der Waals surface area contributed by atoms with Gasteiger partial charge in [-0.25, -0.2) is 0 Å². The maximum absolute atomic E-state index is 2.44. The summed E-state index contributed by atoms with van der Waals surface area (Å²) in [6.45, 7) is 4.36. The van der Waals surface area contributed by atoms with Crippen molar-refractivity contribution >= 4 is 0 Å². The molecule has 0 amide bonds. The molecule has 0 spiro atoms. The van der Waals surface area contributed by atoms with E-state index in [4.69, 9.17) is 0 Å². The lowest BCUT2D eigenvalue weighted by atomic mass is 9.86. The van der Waals surface area contributed by atoms with Crippen LogP contribution in [0.2, 0.25) is 0 Å². The van der Waals surface area contributed by atoms with Crippen LogP contribution in [-0.2, 0) is 0 Å². The molecule has 14 heavy (non-hydrogen) atoms. The molecule has 0 aliphatic heterocycles. The average Bonchev–Trinajstić information content (AvgIpc) is 2.90. The van der Waals surface area contributed by atoms with Crippen LogP contribution in [-0.4, -0.2) is 0 Å². The molecule has 0 saturated heterocycles. The molecule has 0 heterocycles. The van der Waals surface area contributed by atoms with Crippen molar-refractivity contribution < 1.29 is 0 Å². The number of hydrogen-bond donors (Lipinski definition) is 0. The van der Waals surface area contributed by atoms with Crippen LogP contribution in [0.4, 0.5) is 0 Å². The lowest BCUT2D eigenvalue weighted by molar-refractivity contribution is 0.398. The molecule has 78 valence electrons. The van der Waals surface area contributed by atoms with E-state index in [9.17, 15) is 0 Å². The monoisotopic (exact) mass is 190 g/mol. The predicted octanol–water partition coefficient (Wildman–Crippen LogP) is 4.19. The van der Waals surface area contributed by atoms with Crippen LogP contribution >= 0.6 is 0 Å². The van der Waals surface area contributed by atoms with Crippen LogP contribution in [0.3, 0.4) is 0 Å². The SMILES string of the molecule is C1=CC2C3C=CC(C3)C2C1.CCCC. The third-order valence-electron chi connectivity index (χ3n) is 3.96. The Kier molecular flexibility index (Phi) is 3.10. The third kappa shape index (κ3) is 1.67. The van der Waals surface area contributed by atoms with Crippen molar-refractivity contribution in [2.24, 2.45) is 23.7 Å². The van der Waals surface area contributed by atoms with Crippen LogP contribution < -0.4 is 0 Å². The molecule has 4 unspecified atom stereocenters. The second-order valence-electron chi connectivity index (χ2n) is 4.85. The topological polar surface area (TPSA) is 0 Å². The summed E-state index contributed by atoms with van der Waals surface area (Å²) < 4.78 is 0. The van der Waals surface area contributed by atoms with Crippen LogP contribution in [0.15, 0.2) is 24.3 Å². The van der Waals surface area contributed by atoms with E-state index in [1.807, 2.05) is 0 Å². The van der Waals surface area contributed by atoms with Gasteiger partial charge >= 0.3 is 0 Å². The first-order valence-corrected chi connectivity index (χ1v) is 6.21. The number of rotatable bonds is 1. The molecule has 0 aromatic heterocycles. The van der Waals surface area contributed by atoms with Crippen molar-refractivity contribution in [3.05, 3.63) is 24.3 Å². The van der Waals surface area contributed by atoms with Crippen LogP contribution in [0.25, 0.3) is 0 Å². The second kappa shape index (κ2) is 4.33. The van der Waals surface area contributed by atoms with E-state index in [1.54, 1.807) is 0 Å². The zero-order valence-electron chi connectivity index (χ0n) is 9.45. The lowest BCUT2D eigenvalue weighted by Gasteiger charge is -2.18. The van der Waals surface area contributed by atoms with Gasteiger partial charge in [0.2, 0.25) is 0 Å². The van der Waals surface area contributed by atoms with Crippen molar-refractivity contribution in [2.75, 3.05) is 0 Å². The minimum absolute atomic E-state index is 0.925. The second-order valence-corrected chi connectivity index (χ2v) is 4.85. The molecule has 1 fully saturated rings. The summed E-state index contributed by atoms with van der Waals surface area (Å²) in [7, 11) is 0. The van der Waals surface area contributed by atoms with Crippen LogP contribution in [0, 0.1) is 23.7 Å². The van der Waals surface area contributed by atoms with Gasteiger partial charge in [0, 0.05) is 0 Å². The molecule has 3 aliphatic rings. The van der Waals surface area contributed by atoms with Gasteiger partial charge in [-0.2, -0.15) is 0 Å². The molecule has 0 heteroatoms. The van der Waals surface area contributed by atoms with E-state index in [-0.39, 0.29) is 0 Å². The fourth-order valence-electron chi connectivity index (χ4n) is 2.97. The standard InChI is InChI=1S/C10H12.C4H10/c1-2-9-7-4-5-8(6-7)10(9)3-1;1-3-4-2/h1-2,4-5,7-10H,3,6H2;3-4H2,1-2H3. The highest BCUT2D eigenvalue weighted by Gasteiger charge is 2.44. The van der Waals surface area contributed by atoms with E-state index >= 15 is 0 Å². The smallest absolute Gasteiger partial charge is 0.0133 e. The van der Waals surface area contributed by atoms with E-state index < -0.39 is 0 Å². The first kappa shape index (κ1) is 10.0. The molecule has 3 aliphatic carbocycles. The van der Waals surface area contributed by atoms with E-state index in [1.165, 1.54) is 25.7 Å². The fraction of sp³-hybridized carbons (Fsp3) is 0.714. The first-order valence-electron chi connectivity index (χ1n) is 6.21. The van der Waals surface area contributed by atoms with E-state index in [2.05, 4.69) is 38.2 Å². The zero-order chi connectivity index (χ0) is 9.97. The highest BCUT2D eigenvalue weighted by Crippen LogP contribution is 2.52. The molecule has 4 atom stereocenters. The van der Waals surface area contributed by atoms with Gasteiger partial charge in [0.15, 0.2) is 0 Å². The van der Waals surface area contributed by atoms with E-state index in [0.717, 1.165) is 23.7 Å². The Morgan fingerprint density at radius 1 is 1.00 bits per heavy atom. The molecule has 0 N–H and O–H groups in total. The quantitative estimate of drug-likeness (QED) is 0.544. The molecular formula is C14H22. The summed E-state index contributed by atoms with van der Waals surface area (Å²) in [6.07, 6.45) is 15.1. The normalized spacial score (nSPS) is 41.0. The van der Waals surface area contributed by atoms with Gasteiger partial charge in [-0.05, 0) is 36.5 Å². The molecule has 0 aromatic carbocycles. The van der Waals surface area contributed by atoms with Crippen molar-refractivity contribution in [3.63, 3.8) is 0 Å². The molecular weight excluding hydrogens is 168 g/mol. The molecule has 0 nitrogen and oxygen atoms in total. The first-order chi connectivity index (χ1) is 6.86. The number of hydrogen-bond acceptors (Lipinski definition) is 0. The average molecular weight is 190 g/mol. The van der Waals surface area contributed by atoms with Crippen LogP contribution in [0.5, 0.6) is 0 Å². The summed E-state index contributed by atoms with van der Waals surface area (Å²) in [4.78, 5) is 0. The summed E-state index contributed by atoms with van der Waals surface area (Å²) in [6, 6.07) is 0. The highest BCUT2D eigenvalue weighted by atomic mass is 14.5. The Hall–Kier alpha value is -0.520. The summed E-state index contributed by atoms with van der Waals surface area (Å²) in [5, 5.41) is 0. The Morgan fingerprint density at radius 3 is 2.36 bits per heavy atom. The van der Waals surface area contributed by atoms with Crippen molar-refractivity contribution in [2.45, 2.75) is 39.5 Å². The Balaban J connectivity index is 0.000000165. The highest BCUT2D eigenvalue weighted by molar-refractivity contribution is 5.21. The summed E-state index contributed by atoms with van der Waals surface area (Å²) in [5.41, 5.74) is 0. The largest absolute Gasteiger partial charge is 0.0879 e. The fourth-order valence-corrected chi connectivity index (χ4v) is 2.97. The molecule has 3 rings (SSSR count). The van der Waals surface area contributed by atoms with Crippen LogP contribution in [0.1, 0.15) is 39.5 Å². The summed E-state index contributed by atoms with van der Waals surface area (Å²) in [5.74, 6) is 3.82. The number of unbranched alkanes of at least 4 members (excludes halogenated alkanes) is 1. The Bertz CT molecular complexity index is 234. The molecule has 0 radical (unpaired) electrons. The van der Waals surface area contributed by atoms with Gasteiger partial charge in [0.05, 0.1) is 0 Å². The minimum atomic E-state index is 0.925. The Morgan fingerprint density at radius 2 is 1.71 bits per heavy atom. The summed E-state index contributed by atoms with van der Waals surface area (Å²) >= 11 is 0. The molecule has 1 saturated carbocycles. The zero-order valence-corrected chi connectivity index (χ0v) is 9.45. The minimum Gasteiger partial charge on any atom is -0.0879 e.